The molecule has 12 aromatic rings. The van der Waals surface area contributed by atoms with Crippen LogP contribution in [0, 0.1) is 0 Å². The van der Waals surface area contributed by atoms with Crippen molar-refractivity contribution in [3.05, 3.63) is 212 Å². The van der Waals surface area contributed by atoms with Crippen molar-refractivity contribution in [2.24, 2.45) is 0 Å². The van der Waals surface area contributed by atoms with E-state index in [1.807, 2.05) is 41.7 Å². The molecule has 4 heteroatoms. The fraction of sp³-hybridized carbons (Fsp3) is 0. The molecule has 0 N–H and O–H groups in total. The van der Waals surface area contributed by atoms with E-state index in [1.165, 1.54) is 74.7 Å². The predicted octanol–water partition coefficient (Wildman–Crippen LogP) is 15.7. The average molecular weight is 794 g/mol. The van der Waals surface area contributed by atoms with Crippen LogP contribution in [0.5, 0.6) is 0 Å². The molecule has 0 aliphatic carbocycles. The Labute approximate surface area is 356 Å². The Balaban J connectivity index is 0.885. The Hall–Kier alpha value is -7.79. The zero-order valence-corrected chi connectivity index (χ0v) is 33.8. The molecule has 3 nitrogen and oxygen atoms in total. The van der Waals surface area contributed by atoms with Gasteiger partial charge in [0.15, 0.2) is 17.5 Å². The van der Waals surface area contributed by atoms with Gasteiger partial charge in [0.05, 0.1) is 0 Å². The van der Waals surface area contributed by atoms with Gasteiger partial charge in [-0.15, -0.1) is 11.3 Å². The molecule has 0 bridgehead atoms. The fourth-order valence-electron chi connectivity index (χ4n) is 8.90. The number of rotatable bonds is 6. The van der Waals surface area contributed by atoms with E-state index in [9.17, 15) is 0 Å². The molecule has 0 aliphatic rings. The van der Waals surface area contributed by atoms with Gasteiger partial charge in [-0.2, -0.15) is 0 Å². The highest BCUT2D eigenvalue weighted by Gasteiger charge is 2.16. The van der Waals surface area contributed by atoms with Crippen LogP contribution in [0.1, 0.15) is 0 Å². The van der Waals surface area contributed by atoms with E-state index in [-0.39, 0.29) is 0 Å². The zero-order valence-electron chi connectivity index (χ0n) is 33.0. The summed E-state index contributed by atoms with van der Waals surface area (Å²) >= 11 is 1.85. The maximum Gasteiger partial charge on any atom is 0.164 e. The highest BCUT2D eigenvalue weighted by molar-refractivity contribution is 7.26. The molecule has 0 aliphatic heterocycles. The summed E-state index contributed by atoms with van der Waals surface area (Å²) in [5.41, 5.74) is 9.98. The Morgan fingerprint density at radius 1 is 0.279 bits per heavy atom. The molecule has 284 valence electrons. The summed E-state index contributed by atoms with van der Waals surface area (Å²) < 4.78 is 2.61. The van der Waals surface area contributed by atoms with Crippen LogP contribution >= 0.6 is 11.3 Å². The number of thiophene rings is 1. The van der Waals surface area contributed by atoms with Gasteiger partial charge in [0.2, 0.25) is 0 Å². The van der Waals surface area contributed by atoms with Crippen molar-refractivity contribution in [1.82, 2.24) is 15.0 Å². The second-order valence-corrected chi connectivity index (χ2v) is 16.6. The van der Waals surface area contributed by atoms with E-state index in [4.69, 9.17) is 15.0 Å². The third kappa shape index (κ3) is 6.16. The minimum absolute atomic E-state index is 0.639. The Morgan fingerprint density at radius 2 is 0.787 bits per heavy atom. The summed E-state index contributed by atoms with van der Waals surface area (Å²) in [6, 6.07) is 75.9. The standard InChI is InChI=1S/C57H35N3S/c1-2-12-41(13-3-1)55-58-56(60-57(59-55)43-31-25-39(26-32-43)47-18-10-19-50-48-17-8-9-20-52(48)61-54(47)50)42-29-23-37(24-30-42)36-21-27-40(28-22-36)53-46-16-7-5-14-44(46)35-51-45-15-6-4-11-38(45)33-34-49(51)53/h1-35H. The number of hydrogen-bond acceptors (Lipinski definition) is 4. The third-order valence-corrected chi connectivity index (χ3v) is 13.2. The van der Waals surface area contributed by atoms with Crippen molar-refractivity contribution >= 4 is 63.8 Å². The maximum absolute atomic E-state index is 5.08. The van der Waals surface area contributed by atoms with E-state index in [1.54, 1.807) is 0 Å². The van der Waals surface area contributed by atoms with Gasteiger partial charge >= 0.3 is 0 Å². The summed E-state index contributed by atoms with van der Waals surface area (Å²) in [7, 11) is 0. The lowest BCUT2D eigenvalue weighted by Crippen LogP contribution is -2.00. The molecule has 0 radical (unpaired) electrons. The summed E-state index contributed by atoms with van der Waals surface area (Å²) in [5.74, 6) is 1.93. The van der Waals surface area contributed by atoms with Gasteiger partial charge in [-0.1, -0.05) is 200 Å². The smallest absolute Gasteiger partial charge is 0.164 e. The van der Waals surface area contributed by atoms with Gasteiger partial charge in [0.25, 0.3) is 0 Å². The Morgan fingerprint density at radius 3 is 1.48 bits per heavy atom. The molecule has 2 aromatic heterocycles. The number of benzene rings is 10. The monoisotopic (exact) mass is 793 g/mol. The van der Waals surface area contributed by atoms with Crippen molar-refractivity contribution < 1.29 is 0 Å². The second kappa shape index (κ2) is 14.5. The van der Waals surface area contributed by atoms with E-state index in [2.05, 4.69) is 182 Å². The SMILES string of the molecule is c1ccc(-c2nc(-c3ccc(-c4ccc(-c5c6ccccc6cc6c5ccc5ccccc56)cc4)cc3)nc(-c3ccc(-c4cccc5c4sc4ccccc45)cc3)n2)cc1. The summed E-state index contributed by atoms with van der Waals surface area (Å²) in [6.07, 6.45) is 0. The molecular weight excluding hydrogens is 759 g/mol. The van der Waals surface area contributed by atoms with Crippen molar-refractivity contribution in [2.75, 3.05) is 0 Å². The van der Waals surface area contributed by atoms with E-state index in [0.717, 1.165) is 27.8 Å². The topological polar surface area (TPSA) is 38.7 Å². The normalized spacial score (nSPS) is 11.6. The van der Waals surface area contributed by atoms with Crippen molar-refractivity contribution in [1.29, 1.82) is 0 Å². The van der Waals surface area contributed by atoms with Gasteiger partial charge in [-0.3, -0.25) is 0 Å². The van der Waals surface area contributed by atoms with Crippen LogP contribution in [0.15, 0.2) is 212 Å². The molecule has 0 saturated heterocycles. The first-order valence-electron chi connectivity index (χ1n) is 20.6. The first-order chi connectivity index (χ1) is 30.2. The summed E-state index contributed by atoms with van der Waals surface area (Å²) in [4.78, 5) is 15.1. The van der Waals surface area contributed by atoms with Gasteiger partial charge in [0.1, 0.15) is 0 Å². The Kier molecular flexibility index (Phi) is 8.36. The lowest BCUT2D eigenvalue weighted by atomic mass is 9.89. The molecule has 0 saturated carbocycles. The molecular formula is C57H35N3S. The van der Waals surface area contributed by atoms with E-state index < -0.39 is 0 Å². The highest BCUT2D eigenvalue weighted by Crippen LogP contribution is 2.42. The highest BCUT2D eigenvalue weighted by atomic mass is 32.1. The van der Waals surface area contributed by atoms with Crippen LogP contribution in [0.25, 0.3) is 120 Å². The van der Waals surface area contributed by atoms with Crippen LogP contribution in [0.4, 0.5) is 0 Å². The van der Waals surface area contributed by atoms with Crippen LogP contribution in [0.3, 0.4) is 0 Å². The predicted molar refractivity (Wildman–Crippen MR) is 258 cm³/mol. The average Bonchev–Trinajstić information content (AvgIpc) is 3.73. The molecule has 2 heterocycles. The molecule has 0 spiro atoms. The molecule has 10 aromatic carbocycles. The lowest BCUT2D eigenvalue weighted by molar-refractivity contribution is 1.07. The molecule has 0 fully saturated rings. The van der Waals surface area contributed by atoms with Crippen LogP contribution in [0.2, 0.25) is 0 Å². The van der Waals surface area contributed by atoms with Gasteiger partial charge in [-0.05, 0) is 77.8 Å². The van der Waals surface area contributed by atoms with Crippen LogP contribution < -0.4 is 0 Å². The second-order valence-electron chi connectivity index (χ2n) is 15.5. The number of nitrogens with zero attached hydrogens (tertiary/aromatic N) is 3. The van der Waals surface area contributed by atoms with Gasteiger partial charge in [0, 0.05) is 36.9 Å². The third-order valence-electron chi connectivity index (χ3n) is 11.9. The molecule has 12 rings (SSSR count). The maximum atomic E-state index is 5.08. The van der Waals surface area contributed by atoms with Crippen LogP contribution in [-0.2, 0) is 0 Å². The number of fused-ring (bicyclic) bond motifs is 7. The first kappa shape index (κ1) is 35.2. The lowest BCUT2D eigenvalue weighted by Gasteiger charge is -2.14. The fourth-order valence-corrected chi connectivity index (χ4v) is 10.1. The molecule has 0 amide bonds. The van der Waals surface area contributed by atoms with Crippen LogP contribution in [-0.4, -0.2) is 15.0 Å². The minimum atomic E-state index is 0.639. The Bertz CT molecular complexity index is 3610. The summed E-state index contributed by atoms with van der Waals surface area (Å²) in [6.45, 7) is 0. The van der Waals surface area contributed by atoms with Crippen molar-refractivity contribution in [3.63, 3.8) is 0 Å². The van der Waals surface area contributed by atoms with Crippen molar-refractivity contribution in [3.8, 4) is 67.5 Å². The first-order valence-corrected chi connectivity index (χ1v) is 21.4. The largest absolute Gasteiger partial charge is 0.208 e. The molecule has 61 heavy (non-hydrogen) atoms. The number of aromatic nitrogens is 3. The summed E-state index contributed by atoms with van der Waals surface area (Å²) in [5, 5.41) is 10.2. The molecule has 0 unspecified atom stereocenters. The minimum Gasteiger partial charge on any atom is -0.208 e. The van der Waals surface area contributed by atoms with E-state index >= 15 is 0 Å². The van der Waals surface area contributed by atoms with Crippen molar-refractivity contribution in [2.45, 2.75) is 0 Å². The van der Waals surface area contributed by atoms with Gasteiger partial charge < -0.3 is 0 Å². The van der Waals surface area contributed by atoms with Gasteiger partial charge in [-0.25, -0.2) is 15.0 Å². The zero-order chi connectivity index (χ0) is 40.3. The number of hydrogen-bond donors (Lipinski definition) is 0. The van der Waals surface area contributed by atoms with E-state index in [0.29, 0.717) is 17.5 Å². The quantitative estimate of drug-likeness (QED) is 0.124. The molecule has 0 atom stereocenters.